The van der Waals surface area contributed by atoms with E-state index in [9.17, 15) is 15.0 Å². The predicted molar refractivity (Wildman–Crippen MR) is 85.9 cm³/mol. The van der Waals surface area contributed by atoms with Crippen LogP contribution in [0.2, 0.25) is 10.0 Å². The molecule has 3 N–H and O–H groups in total. The summed E-state index contributed by atoms with van der Waals surface area (Å²) in [6.07, 6.45) is 2.82. The van der Waals surface area contributed by atoms with Crippen LogP contribution < -0.4 is 5.32 Å². The van der Waals surface area contributed by atoms with Crippen LogP contribution in [0.5, 0.6) is 11.6 Å². The molecule has 1 aromatic carbocycles. The Morgan fingerprint density at radius 2 is 2.00 bits per heavy atom. The maximum atomic E-state index is 11.9. The lowest BCUT2D eigenvalue weighted by Gasteiger charge is -2.05. The first-order valence-electron chi connectivity index (χ1n) is 6.69. The molecule has 0 fully saturated rings. The lowest BCUT2D eigenvalue weighted by atomic mass is 10.1. The van der Waals surface area contributed by atoms with Crippen molar-refractivity contribution >= 4 is 29.1 Å². The van der Waals surface area contributed by atoms with Crippen molar-refractivity contribution in [1.29, 1.82) is 0 Å². The summed E-state index contributed by atoms with van der Waals surface area (Å²) in [5.74, 6) is -1.17. The van der Waals surface area contributed by atoms with E-state index in [1.54, 1.807) is 12.1 Å². The molecular formula is C15H16Cl2N2O3. The van der Waals surface area contributed by atoms with Gasteiger partial charge in [-0.25, -0.2) is 0 Å². The molecule has 1 aromatic heterocycles. The van der Waals surface area contributed by atoms with E-state index < -0.39 is 11.7 Å². The molecule has 0 atom stereocenters. The second-order valence-electron chi connectivity index (χ2n) is 4.93. The van der Waals surface area contributed by atoms with Crippen LogP contribution in [0.25, 0.3) is 0 Å². The molecule has 0 bridgehead atoms. The maximum Gasteiger partial charge on any atom is 0.256 e. The second kappa shape index (κ2) is 6.94. The summed E-state index contributed by atoms with van der Waals surface area (Å²) in [5, 5.41) is 22.8. The van der Waals surface area contributed by atoms with Gasteiger partial charge < -0.3 is 20.1 Å². The minimum absolute atomic E-state index is 0.0505. The number of aryl methyl sites for hydroxylation is 2. The fraction of sp³-hybridized carbons (Fsp3) is 0.267. The second-order valence-corrected chi connectivity index (χ2v) is 5.75. The van der Waals surface area contributed by atoms with E-state index in [0.717, 1.165) is 12.0 Å². The molecule has 5 nitrogen and oxygen atoms in total. The number of aromatic nitrogens is 1. The monoisotopic (exact) mass is 342 g/mol. The van der Waals surface area contributed by atoms with E-state index in [2.05, 4.69) is 5.32 Å². The van der Waals surface area contributed by atoms with Crippen LogP contribution in [-0.4, -0.2) is 27.2 Å². The molecule has 0 aliphatic heterocycles. The van der Waals surface area contributed by atoms with Crippen molar-refractivity contribution in [2.75, 3.05) is 6.54 Å². The summed E-state index contributed by atoms with van der Waals surface area (Å²) in [6.45, 7) is 0.439. The van der Waals surface area contributed by atoms with E-state index in [0.29, 0.717) is 23.0 Å². The van der Waals surface area contributed by atoms with Gasteiger partial charge in [0, 0.05) is 19.8 Å². The van der Waals surface area contributed by atoms with Crippen molar-refractivity contribution < 1.29 is 15.0 Å². The summed E-state index contributed by atoms with van der Waals surface area (Å²) in [7, 11) is 1.54. The van der Waals surface area contributed by atoms with E-state index >= 15 is 0 Å². The highest BCUT2D eigenvalue weighted by molar-refractivity contribution is 6.42. The first-order valence-corrected chi connectivity index (χ1v) is 7.45. The van der Waals surface area contributed by atoms with Gasteiger partial charge in [-0.15, -0.1) is 0 Å². The third-order valence-electron chi connectivity index (χ3n) is 3.28. The maximum absolute atomic E-state index is 11.9. The minimum atomic E-state index is -0.428. The molecule has 1 heterocycles. The zero-order chi connectivity index (χ0) is 16.3. The number of rotatable bonds is 5. The number of carbonyl (C=O) groups excluding carboxylic acids is 1. The van der Waals surface area contributed by atoms with Crippen molar-refractivity contribution in [2.24, 2.45) is 7.05 Å². The normalized spacial score (nSPS) is 10.7. The molecule has 0 aliphatic rings. The number of halogens is 2. The zero-order valence-corrected chi connectivity index (χ0v) is 13.4. The summed E-state index contributed by atoms with van der Waals surface area (Å²) < 4.78 is 1.28. The van der Waals surface area contributed by atoms with Gasteiger partial charge in [0.1, 0.15) is 5.56 Å². The topological polar surface area (TPSA) is 74.5 Å². The molecule has 22 heavy (non-hydrogen) atoms. The van der Waals surface area contributed by atoms with Gasteiger partial charge in [0.2, 0.25) is 5.88 Å². The Kier molecular flexibility index (Phi) is 5.21. The molecule has 0 unspecified atom stereocenters. The van der Waals surface area contributed by atoms with Crippen molar-refractivity contribution in [3.8, 4) is 11.6 Å². The Morgan fingerprint density at radius 1 is 1.27 bits per heavy atom. The molecule has 0 saturated heterocycles. The number of nitrogens with one attached hydrogen (secondary N) is 1. The number of nitrogens with zero attached hydrogens (tertiary/aromatic N) is 1. The average Bonchev–Trinajstić information content (AvgIpc) is 2.74. The van der Waals surface area contributed by atoms with Crippen LogP contribution in [0.15, 0.2) is 24.4 Å². The number of benzene rings is 1. The Bertz CT molecular complexity index is 698. The van der Waals surface area contributed by atoms with Crippen LogP contribution in [0.1, 0.15) is 22.3 Å². The van der Waals surface area contributed by atoms with Gasteiger partial charge in [-0.2, -0.15) is 0 Å². The fourth-order valence-electron chi connectivity index (χ4n) is 2.05. The van der Waals surface area contributed by atoms with Crippen molar-refractivity contribution in [1.82, 2.24) is 9.88 Å². The first-order chi connectivity index (χ1) is 10.4. The molecule has 7 heteroatoms. The smallest absolute Gasteiger partial charge is 0.256 e. The van der Waals surface area contributed by atoms with Gasteiger partial charge in [-0.1, -0.05) is 29.3 Å². The van der Waals surface area contributed by atoms with E-state index in [1.807, 2.05) is 6.07 Å². The highest BCUT2D eigenvalue weighted by atomic mass is 35.5. The summed E-state index contributed by atoms with van der Waals surface area (Å²) >= 11 is 11.8. The number of hydrogen-bond donors (Lipinski definition) is 3. The molecule has 0 radical (unpaired) electrons. The minimum Gasteiger partial charge on any atom is -0.503 e. The Balaban J connectivity index is 1.84. The van der Waals surface area contributed by atoms with Gasteiger partial charge in [-0.3, -0.25) is 4.79 Å². The van der Waals surface area contributed by atoms with Gasteiger partial charge in [0.25, 0.3) is 5.91 Å². The number of aromatic hydroxyl groups is 2. The Hall–Kier alpha value is -1.85. The standard InChI is InChI=1S/C15H16Cl2N2O3/c1-19-8-10(13(20)15(19)22)14(21)18-6-2-3-9-4-5-11(16)12(17)7-9/h4-5,7-8,20,22H,2-3,6H2,1H3,(H,18,21). The van der Waals surface area contributed by atoms with E-state index in [-0.39, 0.29) is 11.4 Å². The molecule has 0 saturated carbocycles. The van der Waals surface area contributed by atoms with Crippen LogP contribution in [-0.2, 0) is 13.5 Å². The molecule has 0 spiro atoms. The first kappa shape index (κ1) is 16.5. The highest BCUT2D eigenvalue weighted by Gasteiger charge is 2.18. The molecular weight excluding hydrogens is 327 g/mol. The van der Waals surface area contributed by atoms with Crippen LogP contribution >= 0.6 is 23.2 Å². The van der Waals surface area contributed by atoms with Crippen molar-refractivity contribution in [3.05, 3.63) is 45.6 Å². The quantitative estimate of drug-likeness (QED) is 0.731. The van der Waals surface area contributed by atoms with Gasteiger partial charge in [-0.05, 0) is 30.5 Å². The molecule has 1 amide bonds. The lowest BCUT2D eigenvalue weighted by molar-refractivity contribution is 0.0950. The van der Waals surface area contributed by atoms with Crippen molar-refractivity contribution in [3.63, 3.8) is 0 Å². The number of carbonyl (C=O) groups is 1. The van der Waals surface area contributed by atoms with Gasteiger partial charge in [0.05, 0.1) is 10.0 Å². The SMILES string of the molecule is Cn1cc(C(=O)NCCCc2ccc(Cl)c(Cl)c2)c(O)c1O. The van der Waals surface area contributed by atoms with Gasteiger partial charge in [0.15, 0.2) is 5.75 Å². The molecule has 118 valence electrons. The molecule has 2 aromatic rings. The Labute approximate surface area is 138 Å². The summed E-state index contributed by atoms with van der Waals surface area (Å²) in [4.78, 5) is 11.9. The highest BCUT2D eigenvalue weighted by Crippen LogP contribution is 2.29. The third-order valence-corrected chi connectivity index (χ3v) is 4.02. The van der Waals surface area contributed by atoms with Crippen molar-refractivity contribution in [2.45, 2.75) is 12.8 Å². The van der Waals surface area contributed by atoms with E-state index in [4.69, 9.17) is 23.2 Å². The van der Waals surface area contributed by atoms with Gasteiger partial charge >= 0.3 is 0 Å². The lowest BCUT2D eigenvalue weighted by Crippen LogP contribution is -2.24. The zero-order valence-electron chi connectivity index (χ0n) is 11.9. The Morgan fingerprint density at radius 3 is 2.59 bits per heavy atom. The van der Waals surface area contributed by atoms with Crippen LogP contribution in [0, 0.1) is 0 Å². The largest absolute Gasteiger partial charge is 0.503 e. The summed E-state index contributed by atoms with van der Waals surface area (Å²) in [6, 6.07) is 5.42. The number of hydrogen-bond acceptors (Lipinski definition) is 3. The average molecular weight is 343 g/mol. The summed E-state index contributed by atoms with van der Waals surface area (Å²) in [5.41, 5.74) is 1.08. The van der Waals surface area contributed by atoms with E-state index in [1.165, 1.54) is 17.8 Å². The molecule has 0 aliphatic carbocycles. The van der Waals surface area contributed by atoms with Crippen LogP contribution in [0.3, 0.4) is 0 Å². The van der Waals surface area contributed by atoms with Crippen LogP contribution in [0.4, 0.5) is 0 Å². The third kappa shape index (κ3) is 3.67. The molecule has 2 rings (SSSR count). The predicted octanol–water partition coefficient (Wildman–Crippen LogP) is 3.11. The fourth-order valence-corrected chi connectivity index (χ4v) is 2.38. The number of amides is 1.